The van der Waals surface area contributed by atoms with Crippen LogP contribution in [0.2, 0.25) is 0 Å². The molecule has 1 aliphatic rings. The second kappa shape index (κ2) is 10.7. The van der Waals surface area contributed by atoms with Gasteiger partial charge in [0.05, 0.1) is 13.2 Å². The highest BCUT2D eigenvalue weighted by atomic mass is 32.2. The topological polar surface area (TPSA) is 61.8 Å². The standard InChI is InChI=1S/C15H25O5S/c1-13(2)15(17)20-9-7-18-6-8-19-14(16)12-21-10-4-3-5-11-21/h1,3-12H2,2H3/q+1. The lowest BCUT2D eigenvalue weighted by atomic mass is 10.3. The summed E-state index contributed by atoms with van der Waals surface area (Å²) in [5.74, 6) is 2.34. The van der Waals surface area contributed by atoms with Gasteiger partial charge < -0.3 is 14.2 Å². The Kier molecular flexibility index (Phi) is 9.17. The largest absolute Gasteiger partial charge is 0.460 e. The number of esters is 2. The predicted molar refractivity (Wildman–Crippen MR) is 83.4 cm³/mol. The van der Waals surface area contributed by atoms with E-state index in [1.807, 2.05) is 0 Å². The van der Waals surface area contributed by atoms with Crippen molar-refractivity contribution < 1.29 is 23.8 Å². The number of hydrogen-bond donors (Lipinski definition) is 0. The van der Waals surface area contributed by atoms with Crippen LogP contribution in [0.1, 0.15) is 26.2 Å². The van der Waals surface area contributed by atoms with Crippen LogP contribution in [0.5, 0.6) is 0 Å². The van der Waals surface area contributed by atoms with E-state index in [2.05, 4.69) is 6.58 Å². The Morgan fingerprint density at radius 3 is 2.24 bits per heavy atom. The molecule has 1 saturated heterocycles. The van der Waals surface area contributed by atoms with Crippen molar-refractivity contribution in [2.75, 3.05) is 43.7 Å². The summed E-state index contributed by atoms with van der Waals surface area (Å²) in [5, 5.41) is 0. The molecule has 0 atom stereocenters. The van der Waals surface area contributed by atoms with Gasteiger partial charge in [0.25, 0.3) is 0 Å². The Balaban J connectivity index is 1.92. The van der Waals surface area contributed by atoms with E-state index in [4.69, 9.17) is 14.2 Å². The molecule has 0 aromatic carbocycles. The maximum absolute atomic E-state index is 11.6. The molecule has 0 aliphatic carbocycles. The molecular formula is C15H25O5S+. The lowest BCUT2D eigenvalue weighted by Gasteiger charge is -2.13. The Morgan fingerprint density at radius 1 is 1.00 bits per heavy atom. The summed E-state index contributed by atoms with van der Waals surface area (Å²) in [7, 11) is 0.224. The Hall–Kier alpha value is -1.01. The molecule has 1 aliphatic heterocycles. The summed E-state index contributed by atoms with van der Waals surface area (Å²) >= 11 is 0. The second-order valence-electron chi connectivity index (χ2n) is 4.97. The summed E-state index contributed by atoms with van der Waals surface area (Å²) in [6.45, 7) is 6.13. The lowest BCUT2D eigenvalue weighted by Crippen LogP contribution is -2.27. The van der Waals surface area contributed by atoms with E-state index >= 15 is 0 Å². The molecule has 0 aromatic heterocycles. The van der Waals surface area contributed by atoms with Crippen LogP contribution >= 0.6 is 0 Å². The molecule has 120 valence electrons. The van der Waals surface area contributed by atoms with Gasteiger partial charge in [-0.15, -0.1) is 0 Å². The van der Waals surface area contributed by atoms with E-state index in [-0.39, 0.29) is 30.1 Å². The van der Waals surface area contributed by atoms with Crippen molar-refractivity contribution in [2.24, 2.45) is 0 Å². The first-order valence-electron chi connectivity index (χ1n) is 7.29. The fourth-order valence-electron chi connectivity index (χ4n) is 1.88. The number of hydrogen-bond acceptors (Lipinski definition) is 5. The zero-order valence-electron chi connectivity index (χ0n) is 12.7. The summed E-state index contributed by atoms with van der Waals surface area (Å²) in [6, 6.07) is 0. The van der Waals surface area contributed by atoms with Crippen LogP contribution in [-0.2, 0) is 34.7 Å². The quantitative estimate of drug-likeness (QED) is 0.279. The summed E-state index contributed by atoms with van der Waals surface area (Å²) < 4.78 is 15.2. The molecule has 0 N–H and O–H groups in total. The summed E-state index contributed by atoms with van der Waals surface area (Å²) in [5.41, 5.74) is 0.368. The van der Waals surface area contributed by atoms with E-state index in [0.717, 1.165) is 0 Å². The molecule has 0 radical (unpaired) electrons. The molecule has 5 nitrogen and oxygen atoms in total. The second-order valence-corrected chi connectivity index (χ2v) is 7.30. The molecule has 0 bridgehead atoms. The van der Waals surface area contributed by atoms with Gasteiger partial charge in [0.1, 0.15) is 24.7 Å². The van der Waals surface area contributed by atoms with E-state index in [9.17, 15) is 9.59 Å². The van der Waals surface area contributed by atoms with Crippen LogP contribution in [0.4, 0.5) is 0 Å². The van der Waals surface area contributed by atoms with Crippen molar-refractivity contribution in [3.05, 3.63) is 12.2 Å². The molecule has 1 heterocycles. The van der Waals surface area contributed by atoms with E-state index < -0.39 is 5.97 Å². The highest BCUT2D eigenvalue weighted by Crippen LogP contribution is 2.13. The molecule has 0 amide bonds. The van der Waals surface area contributed by atoms with Crippen molar-refractivity contribution in [3.8, 4) is 0 Å². The molecule has 0 unspecified atom stereocenters. The third-order valence-electron chi connectivity index (χ3n) is 2.99. The van der Waals surface area contributed by atoms with E-state index in [1.165, 1.54) is 30.8 Å². The normalized spacial score (nSPS) is 15.5. The molecule has 0 saturated carbocycles. The molecule has 21 heavy (non-hydrogen) atoms. The summed E-state index contributed by atoms with van der Waals surface area (Å²) in [4.78, 5) is 22.7. The monoisotopic (exact) mass is 317 g/mol. The molecule has 0 spiro atoms. The highest BCUT2D eigenvalue weighted by molar-refractivity contribution is 7.97. The fourth-order valence-corrected chi connectivity index (χ4v) is 4.01. The number of rotatable bonds is 9. The maximum Gasteiger partial charge on any atom is 0.356 e. The van der Waals surface area contributed by atoms with E-state index in [1.54, 1.807) is 6.92 Å². The Bertz CT molecular complexity index is 350. The van der Waals surface area contributed by atoms with Crippen molar-refractivity contribution in [1.29, 1.82) is 0 Å². The van der Waals surface area contributed by atoms with Gasteiger partial charge >= 0.3 is 11.9 Å². The van der Waals surface area contributed by atoms with Crippen molar-refractivity contribution in [3.63, 3.8) is 0 Å². The zero-order valence-corrected chi connectivity index (χ0v) is 13.5. The first-order chi connectivity index (χ1) is 10.1. The number of ether oxygens (including phenoxy) is 3. The van der Waals surface area contributed by atoms with Gasteiger partial charge in [0.15, 0.2) is 0 Å². The molecule has 6 heteroatoms. The van der Waals surface area contributed by atoms with Crippen molar-refractivity contribution >= 4 is 22.8 Å². The van der Waals surface area contributed by atoms with Crippen molar-refractivity contribution in [1.82, 2.24) is 0 Å². The van der Waals surface area contributed by atoms with Gasteiger partial charge in [0, 0.05) is 5.57 Å². The van der Waals surface area contributed by atoms with Crippen molar-refractivity contribution in [2.45, 2.75) is 26.2 Å². The van der Waals surface area contributed by atoms with Crippen LogP contribution in [0.15, 0.2) is 12.2 Å². The molecular weight excluding hydrogens is 292 g/mol. The molecule has 1 rings (SSSR count). The minimum absolute atomic E-state index is 0.127. The third-order valence-corrected chi connectivity index (χ3v) is 5.36. The van der Waals surface area contributed by atoms with Crippen LogP contribution in [-0.4, -0.2) is 55.6 Å². The van der Waals surface area contributed by atoms with Crippen LogP contribution in [0.3, 0.4) is 0 Å². The van der Waals surface area contributed by atoms with Crippen LogP contribution in [0, 0.1) is 0 Å². The zero-order chi connectivity index (χ0) is 15.5. The number of carbonyl (C=O) groups excluding carboxylic acids is 2. The highest BCUT2D eigenvalue weighted by Gasteiger charge is 2.25. The van der Waals surface area contributed by atoms with Gasteiger partial charge in [-0.2, -0.15) is 0 Å². The smallest absolute Gasteiger partial charge is 0.356 e. The maximum atomic E-state index is 11.6. The first kappa shape index (κ1) is 18.0. The molecule has 1 fully saturated rings. The average molecular weight is 317 g/mol. The van der Waals surface area contributed by atoms with Gasteiger partial charge in [0.2, 0.25) is 5.75 Å². The third kappa shape index (κ3) is 8.78. The van der Waals surface area contributed by atoms with E-state index in [0.29, 0.717) is 24.5 Å². The summed E-state index contributed by atoms with van der Waals surface area (Å²) in [6.07, 6.45) is 3.77. The molecule has 0 aromatic rings. The van der Waals surface area contributed by atoms with Crippen LogP contribution < -0.4 is 0 Å². The predicted octanol–water partition coefficient (Wildman–Crippen LogP) is 1.47. The van der Waals surface area contributed by atoms with Crippen LogP contribution in [0.25, 0.3) is 0 Å². The Morgan fingerprint density at radius 2 is 1.62 bits per heavy atom. The van der Waals surface area contributed by atoms with Gasteiger partial charge in [-0.1, -0.05) is 6.58 Å². The van der Waals surface area contributed by atoms with Gasteiger partial charge in [-0.25, -0.2) is 9.59 Å². The SMILES string of the molecule is C=C(C)C(=O)OCCOCCOC(=O)C[S+]1CCCCC1. The first-order valence-corrected chi connectivity index (χ1v) is 9.03. The van der Waals surface area contributed by atoms with Gasteiger partial charge in [-0.05, 0) is 37.1 Å². The lowest BCUT2D eigenvalue weighted by molar-refractivity contribution is -0.142. The minimum Gasteiger partial charge on any atom is -0.460 e. The fraction of sp³-hybridized carbons (Fsp3) is 0.733. The van der Waals surface area contributed by atoms with Gasteiger partial charge in [-0.3, -0.25) is 0 Å². The Labute approximate surface area is 129 Å². The number of carbonyl (C=O) groups is 2. The minimum atomic E-state index is -0.418. The average Bonchev–Trinajstić information content (AvgIpc) is 2.46.